The summed E-state index contributed by atoms with van der Waals surface area (Å²) in [6.07, 6.45) is 1.90. The minimum atomic E-state index is -0.909. The first-order chi connectivity index (χ1) is 11.0. The predicted octanol–water partition coefficient (Wildman–Crippen LogP) is 1.14. The van der Waals surface area contributed by atoms with Gasteiger partial charge in [-0.3, -0.25) is 9.59 Å². The van der Waals surface area contributed by atoms with Gasteiger partial charge >= 0.3 is 5.97 Å². The van der Waals surface area contributed by atoms with Crippen molar-refractivity contribution in [2.75, 3.05) is 6.54 Å². The molecule has 1 aromatic carbocycles. The number of aliphatic carboxylic acids is 1. The maximum atomic E-state index is 12.4. The van der Waals surface area contributed by atoms with E-state index in [1.54, 1.807) is 24.3 Å². The lowest BCUT2D eigenvalue weighted by Crippen LogP contribution is -2.34. The van der Waals surface area contributed by atoms with E-state index in [1.165, 1.54) is 11.0 Å². The molecule has 122 valence electrons. The lowest BCUT2D eigenvalue weighted by molar-refractivity contribution is -0.142. The van der Waals surface area contributed by atoms with Crippen LogP contribution in [0.2, 0.25) is 0 Å². The summed E-state index contributed by atoms with van der Waals surface area (Å²) in [5, 5.41) is 22.8. The lowest BCUT2D eigenvalue weighted by Gasteiger charge is -2.16. The quantitative estimate of drug-likeness (QED) is 0.792. The molecule has 1 amide bonds. The van der Waals surface area contributed by atoms with Crippen molar-refractivity contribution in [3.63, 3.8) is 0 Å². The first-order valence-corrected chi connectivity index (χ1v) is 7.32. The standard InChI is InChI=1S/C15H19N5O3/c1-10(2)7-11(15(22)23)8-16-14(21)12-5-3-4-6-13(12)20-9-17-18-19-20/h3-6,9-11H,7-8H2,1-2H3,(H,16,21)(H,22,23). The number of para-hydroxylation sites is 1. The number of benzene rings is 1. The van der Waals surface area contributed by atoms with Gasteiger partial charge < -0.3 is 10.4 Å². The topological polar surface area (TPSA) is 110 Å². The van der Waals surface area contributed by atoms with Crippen molar-refractivity contribution in [3.8, 4) is 5.69 Å². The molecule has 0 saturated carbocycles. The van der Waals surface area contributed by atoms with E-state index in [4.69, 9.17) is 0 Å². The molecule has 0 bridgehead atoms. The molecule has 0 fully saturated rings. The highest BCUT2D eigenvalue weighted by atomic mass is 16.4. The van der Waals surface area contributed by atoms with Gasteiger partial charge in [-0.1, -0.05) is 26.0 Å². The average Bonchev–Trinajstić information content (AvgIpc) is 3.04. The maximum Gasteiger partial charge on any atom is 0.308 e. The molecular weight excluding hydrogens is 298 g/mol. The molecule has 8 nitrogen and oxygen atoms in total. The second-order valence-corrected chi connectivity index (χ2v) is 5.65. The molecule has 1 unspecified atom stereocenters. The fraction of sp³-hybridized carbons (Fsp3) is 0.400. The van der Waals surface area contributed by atoms with Gasteiger partial charge in [0.25, 0.3) is 5.91 Å². The number of amides is 1. The van der Waals surface area contributed by atoms with E-state index in [1.807, 2.05) is 13.8 Å². The number of carbonyl (C=O) groups excluding carboxylic acids is 1. The van der Waals surface area contributed by atoms with E-state index in [0.717, 1.165) is 0 Å². The van der Waals surface area contributed by atoms with Crippen LogP contribution in [0.15, 0.2) is 30.6 Å². The van der Waals surface area contributed by atoms with Gasteiger partial charge in [0.1, 0.15) is 6.33 Å². The van der Waals surface area contributed by atoms with Crippen LogP contribution in [0.1, 0.15) is 30.6 Å². The second-order valence-electron chi connectivity index (χ2n) is 5.65. The first kappa shape index (κ1) is 16.6. The van der Waals surface area contributed by atoms with Crippen molar-refractivity contribution >= 4 is 11.9 Å². The Kier molecular flexibility index (Phi) is 5.40. The van der Waals surface area contributed by atoms with Crippen molar-refractivity contribution in [3.05, 3.63) is 36.2 Å². The Bertz CT molecular complexity index is 670. The summed E-state index contributed by atoms with van der Waals surface area (Å²) in [7, 11) is 0. The van der Waals surface area contributed by atoms with Gasteiger partial charge in [0, 0.05) is 6.54 Å². The largest absolute Gasteiger partial charge is 0.481 e. The highest BCUT2D eigenvalue weighted by molar-refractivity contribution is 5.97. The molecule has 23 heavy (non-hydrogen) atoms. The summed E-state index contributed by atoms with van der Waals surface area (Å²) in [6.45, 7) is 3.98. The Balaban J connectivity index is 2.11. The predicted molar refractivity (Wildman–Crippen MR) is 82.1 cm³/mol. The number of hydrogen-bond donors (Lipinski definition) is 2. The minimum Gasteiger partial charge on any atom is -0.481 e. The highest BCUT2D eigenvalue weighted by Gasteiger charge is 2.21. The van der Waals surface area contributed by atoms with E-state index in [2.05, 4.69) is 20.8 Å². The lowest BCUT2D eigenvalue weighted by atomic mass is 9.97. The third-order valence-electron chi connectivity index (χ3n) is 3.36. The molecule has 1 aromatic heterocycles. The van der Waals surface area contributed by atoms with Crippen LogP contribution >= 0.6 is 0 Å². The van der Waals surface area contributed by atoms with Gasteiger partial charge in [0.05, 0.1) is 17.2 Å². The molecule has 0 aliphatic rings. The number of aromatic nitrogens is 4. The molecule has 2 rings (SSSR count). The number of hydrogen-bond acceptors (Lipinski definition) is 5. The molecule has 0 aliphatic heterocycles. The molecule has 1 atom stereocenters. The number of nitrogens with zero attached hydrogens (tertiary/aromatic N) is 4. The van der Waals surface area contributed by atoms with Gasteiger partial charge in [0.15, 0.2) is 0 Å². The number of carboxylic acid groups (broad SMARTS) is 1. The fourth-order valence-corrected chi connectivity index (χ4v) is 2.29. The third kappa shape index (κ3) is 4.35. The zero-order valence-corrected chi connectivity index (χ0v) is 13.0. The zero-order valence-electron chi connectivity index (χ0n) is 13.0. The minimum absolute atomic E-state index is 0.0797. The van der Waals surface area contributed by atoms with Crippen molar-refractivity contribution in [2.45, 2.75) is 20.3 Å². The third-order valence-corrected chi connectivity index (χ3v) is 3.36. The molecule has 0 radical (unpaired) electrons. The maximum absolute atomic E-state index is 12.4. The SMILES string of the molecule is CC(C)CC(CNC(=O)c1ccccc1-n1cnnn1)C(=O)O. The zero-order chi connectivity index (χ0) is 16.8. The molecule has 0 aliphatic carbocycles. The van der Waals surface area contributed by atoms with Gasteiger partial charge in [-0.15, -0.1) is 5.10 Å². The summed E-state index contributed by atoms with van der Waals surface area (Å²) in [5.41, 5.74) is 0.916. The summed E-state index contributed by atoms with van der Waals surface area (Å²) in [5.74, 6) is -1.64. The average molecular weight is 317 g/mol. The van der Waals surface area contributed by atoms with Crippen molar-refractivity contribution in [2.24, 2.45) is 11.8 Å². The first-order valence-electron chi connectivity index (χ1n) is 7.32. The van der Waals surface area contributed by atoms with E-state index in [0.29, 0.717) is 17.7 Å². The molecular formula is C15H19N5O3. The molecule has 2 N–H and O–H groups in total. The molecule has 0 saturated heterocycles. The van der Waals surface area contributed by atoms with E-state index >= 15 is 0 Å². The van der Waals surface area contributed by atoms with E-state index < -0.39 is 11.9 Å². The Labute approximate surface area is 133 Å². The van der Waals surface area contributed by atoms with Crippen LogP contribution in [0.4, 0.5) is 0 Å². The van der Waals surface area contributed by atoms with Crippen molar-refractivity contribution in [1.29, 1.82) is 0 Å². The van der Waals surface area contributed by atoms with Gasteiger partial charge in [0.2, 0.25) is 0 Å². The van der Waals surface area contributed by atoms with Crippen LogP contribution in [0.5, 0.6) is 0 Å². The number of carboxylic acids is 1. The van der Waals surface area contributed by atoms with Crippen LogP contribution in [0.25, 0.3) is 5.69 Å². The summed E-state index contributed by atoms with van der Waals surface area (Å²) >= 11 is 0. The number of tetrazole rings is 1. The number of nitrogens with one attached hydrogen (secondary N) is 1. The van der Waals surface area contributed by atoms with E-state index in [-0.39, 0.29) is 18.4 Å². The summed E-state index contributed by atoms with van der Waals surface area (Å²) in [6, 6.07) is 6.86. The molecule has 0 spiro atoms. The van der Waals surface area contributed by atoms with Crippen molar-refractivity contribution < 1.29 is 14.7 Å². The van der Waals surface area contributed by atoms with E-state index in [9.17, 15) is 14.7 Å². The summed E-state index contributed by atoms with van der Waals surface area (Å²) in [4.78, 5) is 23.6. The Morgan fingerprint density at radius 1 is 1.30 bits per heavy atom. The van der Waals surface area contributed by atoms with Crippen molar-refractivity contribution in [1.82, 2.24) is 25.5 Å². The normalized spacial score (nSPS) is 12.1. The van der Waals surface area contributed by atoms with Crippen LogP contribution < -0.4 is 5.32 Å². The van der Waals surface area contributed by atoms with Crippen LogP contribution in [0, 0.1) is 11.8 Å². The van der Waals surface area contributed by atoms with Gasteiger partial charge in [-0.25, -0.2) is 0 Å². The Hall–Kier alpha value is -2.77. The molecule has 8 heteroatoms. The number of rotatable bonds is 7. The second kappa shape index (κ2) is 7.48. The summed E-state index contributed by atoms with van der Waals surface area (Å²) < 4.78 is 1.39. The monoisotopic (exact) mass is 317 g/mol. The molecule has 1 heterocycles. The molecule has 2 aromatic rings. The van der Waals surface area contributed by atoms with Crippen LogP contribution in [0.3, 0.4) is 0 Å². The number of carbonyl (C=O) groups is 2. The van der Waals surface area contributed by atoms with Gasteiger partial charge in [-0.05, 0) is 34.9 Å². The van der Waals surface area contributed by atoms with Crippen LogP contribution in [-0.4, -0.2) is 43.7 Å². The van der Waals surface area contributed by atoms with Crippen LogP contribution in [-0.2, 0) is 4.79 Å². The Morgan fingerprint density at radius 2 is 2.04 bits per heavy atom. The fourth-order valence-electron chi connectivity index (χ4n) is 2.29. The van der Waals surface area contributed by atoms with Gasteiger partial charge in [-0.2, -0.15) is 4.68 Å². The smallest absolute Gasteiger partial charge is 0.308 e. The Morgan fingerprint density at radius 3 is 2.65 bits per heavy atom. The highest BCUT2D eigenvalue weighted by Crippen LogP contribution is 2.14.